The number of carbonyl (C=O) groups excluding carboxylic acids is 1. The molecule has 0 amide bonds. The second kappa shape index (κ2) is 7.90. The van der Waals surface area contributed by atoms with E-state index in [0.29, 0.717) is 36.5 Å². The van der Waals surface area contributed by atoms with Gasteiger partial charge in [0.25, 0.3) is 0 Å². The lowest BCUT2D eigenvalue weighted by molar-refractivity contribution is -0.143. The van der Waals surface area contributed by atoms with E-state index < -0.39 is 11.6 Å². The Hall–Kier alpha value is -1.17. The van der Waals surface area contributed by atoms with Crippen LogP contribution in [0, 0.1) is 17.6 Å². The van der Waals surface area contributed by atoms with Crippen LogP contribution in [0.15, 0.2) is 16.6 Å². The van der Waals surface area contributed by atoms with E-state index in [1.54, 1.807) is 11.8 Å². The Bertz CT molecular complexity index is 508. The van der Waals surface area contributed by atoms with Gasteiger partial charge in [-0.25, -0.2) is 8.78 Å². The van der Waals surface area contributed by atoms with Gasteiger partial charge in [0.1, 0.15) is 5.69 Å². The molecule has 0 aromatic heterocycles. The number of ether oxygens (including phenoxy) is 1. The number of hydrogen-bond donors (Lipinski definition) is 0. The maximum absolute atomic E-state index is 14.0. The highest BCUT2D eigenvalue weighted by Crippen LogP contribution is 2.31. The molecule has 0 saturated carbocycles. The number of esters is 1. The Kier molecular flexibility index (Phi) is 6.17. The number of nitrogens with zero attached hydrogens (tertiary/aromatic N) is 1. The van der Waals surface area contributed by atoms with Crippen molar-refractivity contribution < 1.29 is 18.3 Å². The van der Waals surface area contributed by atoms with Crippen LogP contribution in [0.2, 0.25) is 0 Å². The molecule has 122 valence electrons. The minimum atomic E-state index is -0.545. The van der Waals surface area contributed by atoms with Crippen LogP contribution in [-0.4, -0.2) is 25.7 Å². The summed E-state index contributed by atoms with van der Waals surface area (Å²) in [5.41, 5.74) is 0.0482. The summed E-state index contributed by atoms with van der Waals surface area (Å²) in [6, 6.07) is 2.57. The minimum Gasteiger partial charge on any atom is -0.466 e. The fourth-order valence-electron chi connectivity index (χ4n) is 2.84. The van der Waals surface area contributed by atoms with Crippen molar-refractivity contribution in [2.75, 3.05) is 24.6 Å². The molecule has 0 spiro atoms. The Morgan fingerprint density at radius 1 is 1.32 bits per heavy atom. The van der Waals surface area contributed by atoms with Gasteiger partial charge in [-0.05, 0) is 44.2 Å². The van der Waals surface area contributed by atoms with Crippen molar-refractivity contribution in [2.24, 2.45) is 5.92 Å². The normalized spacial score (nSPS) is 15.9. The molecular weight excluding hydrogens is 356 g/mol. The molecule has 1 aliphatic rings. The van der Waals surface area contributed by atoms with Crippen molar-refractivity contribution in [3.63, 3.8) is 0 Å². The molecule has 22 heavy (non-hydrogen) atoms. The topological polar surface area (TPSA) is 29.5 Å². The van der Waals surface area contributed by atoms with Crippen LogP contribution in [0.5, 0.6) is 0 Å². The molecule has 0 unspecified atom stereocenters. The molecule has 3 nitrogen and oxygen atoms in total. The first kappa shape index (κ1) is 17.2. The predicted octanol–water partition coefficient (Wildman–Crippen LogP) is 4.29. The van der Waals surface area contributed by atoms with Gasteiger partial charge in [0.05, 0.1) is 6.61 Å². The lowest BCUT2D eigenvalue weighted by atomic mass is 9.92. The van der Waals surface area contributed by atoms with Gasteiger partial charge in [-0.15, -0.1) is 0 Å². The van der Waals surface area contributed by atoms with Gasteiger partial charge >= 0.3 is 5.97 Å². The fraction of sp³-hybridized carbons (Fsp3) is 0.562. The lowest BCUT2D eigenvalue weighted by Gasteiger charge is -2.34. The average molecular weight is 376 g/mol. The number of anilines is 1. The van der Waals surface area contributed by atoms with E-state index in [1.165, 1.54) is 12.1 Å². The molecule has 0 atom stereocenters. The molecule has 2 rings (SSSR count). The maximum atomic E-state index is 14.0. The lowest BCUT2D eigenvalue weighted by Crippen LogP contribution is -2.35. The molecule has 0 bridgehead atoms. The molecule has 0 radical (unpaired) electrons. The molecule has 0 aliphatic carbocycles. The van der Waals surface area contributed by atoms with Gasteiger partial charge in [0.15, 0.2) is 11.6 Å². The van der Waals surface area contributed by atoms with Gasteiger partial charge < -0.3 is 9.64 Å². The van der Waals surface area contributed by atoms with E-state index in [2.05, 4.69) is 15.9 Å². The third-order valence-corrected chi connectivity index (χ3v) is 4.43. The van der Waals surface area contributed by atoms with E-state index in [9.17, 15) is 13.6 Å². The monoisotopic (exact) mass is 375 g/mol. The number of rotatable bonds is 5. The Labute approximate surface area is 137 Å². The van der Waals surface area contributed by atoms with Crippen LogP contribution < -0.4 is 4.90 Å². The van der Waals surface area contributed by atoms with Crippen LogP contribution >= 0.6 is 15.9 Å². The molecule has 1 aromatic carbocycles. The first-order valence-electron chi connectivity index (χ1n) is 7.56. The highest BCUT2D eigenvalue weighted by molar-refractivity contribution is 9.10. The standard InChI is InChI=1S/C16H20BrF2NO2/c1-2-22-15(21)4-3-11-5-7-20(8-6-11)16-13(18)9-12(17)10-14(16)19/h9-11H,2-8H2,1H3. The minimum absolute atomic E-state index is 0.0482. The summed E-state index contributed by atoms with van der Waals surface area (Å²) >= 11 is 3.09. The third-order valence-electron chi connectivity index (χ3n) is 3.97. The molecular formula is C16H20BrF2NO2. The zero-order valence-electron chi connectivity index (χ0n) is 12.6. The van der Waals surface area contributed by atoms with E-state index in [-0.39, 0.29) is 11.7 Å². The Morgan fingerprint density at radius 2 is 1.91 bits per heavy atom. The van der Waals surface area contributed by atoms with Crippen LogP contribution in [0.3, 0.4) is 0 Å². The smallest absolute Gasteiger partial charge is 0.305 e. The zero-order valence-corrected chi connectivity index (χ0v) is 14.2. The van der Waals surface area contributed by atoms with Gasteiger partial charge in [-0.1, -0.05) is 15.9 Å². The van der Waals surface area contributed by atoms with Crippen molar-refractivity contribution in [3.8, 4) is 0 Å². The number of hydrogen-bond acceptors (Lipinski definition) is 3. The molecule has 1 heterocycles. The second-order valence-electron chi connectivity index (χ2n) is 5.49. The SMILES string of the molecule is CCOC(=O)CCC1CCN(c2c(F)cc(Br)cc2F)CC1. The second-order valence-corrected chi connectivity index (χ2v) is 6.41. The van der Waals surface area contributed by atoms with E-state index in [4.69, 9.17) is 4.74 Å². The average Bonchev–Trinajstić information content (AvgIpc) is 2.45. The first-order valence-corrected chi connectivity index (χ1v) is 8.35. The maximum Gasteiger partial charge on any atom is 0.305 e. The van der Waals surface area contributed by atoms with E-state index >= 15 is 0 Å². The quantitative estimate of drug-likeness (QED) is 0.719. The molecule has 1 fully saturated rings. The van der Waals surface area contributed by atoms with Gasteiger partial charge in [0, 0.05) is 24.0 Å². The Balaban J connectivity index is 1.89. The molecule has 6 heteroatoms. The molecule has 1 saturated heterocycles. The number of carbonyl (C=O) groups is 1. The first-order chi connectivity index (χ1) is 10.5. The van der Waals surface area contributed by atoms with Crippen LogP contribution in [0.4, 0.5) is 14.5 Å². The van der Waals surface area contributed by atoms with Crippen molar-refractivity contribution in [1.29, 1.82) is 0 Å². The summed E-state index contributed by atoms with van der Waals surface area (Å²) < 4.78 is 33.2. The summed E-state index contributed by atoms with van der Waals surface area (Å²) in [6.07, 6.45) is 2.85. The Morgan fingerprint density at radius 3 is 2.45 bits per heavy atom. The molecule has 1 aromatic rings. The van der Waals surface area contributed by atoms with Gasteiger partial charge in [-0.2, -0.15) is 0 Å². The van der Waals surface area contributed by atoms with Crippen LogP contribution in [0.1, 0.15) is 32.6 Å². The fourth-order valence-corrected chi connectivity index (χ4v) is 3.24. The molecule has 0 N–H and O–H groups in total. The largest absolute Gasteiger partial charge is 0.466 e. The zero-order chi connectivity index (χ0) is 16.1. The number of halogens is 3. The summed E-state index contributed by atoms with van der Waals surface area (Å²) in [5, 5.41) is 0. The number of benzene rings is 1. The van der Waals surface area contributed by atoms with Gasteiger partial charge in [0.2, 0.25) is 0 Å². The molecule has 1 aliphatic heterocycles. The van der Waals surface area contributed by atoms with Gasteiger partial charge in [-0.3, -0.25) is 4.79 Å². The predicted molar refractivity (Wildman–Crippen MR) is 84.9 cm³/mol. The highest BCUT2D eigenvalue weighted by atomic mass is 79.9. The van der Waals surface area contributed by atoms with Crippen molar-refractivity contribution in [2.45, 2.75) is 32.6 Å². The van der Waals surface area contributed by atoms with Crippen molar-refractivity contribution in [3.05, 3.63) is 28.2 Å². The van der Waals surface area contributed by atoms with Crippen molar-refractivity contribution in [1.82, 2.24) is 0 Å². The van der Waals surface area contributed by atoms with Crippen molar-refractivity contribution >= 4 is 27.6 Å². The summed E-state index contributed by atoms with van der Waals surface area (Å²) in [6.45, 7) is 3.39. The van der Waals surface area contributed by atoms with Crippen LogP contribution in [0.25, 0.3) is 0 Å². The van der Waals surface area contributed by atoms with E-state index in [0.717, 1.165) is 19.3 Å². The highest BCUT2D eigenvalue weighted by Gasteiger charge is 2.24. The van der Waals surface area contributed by atoms with E-state index in [1.807, 2.05) is 0 Å². The third kappa shape index (κ3) is 4.41. The number of piperidine rings is 1. The summed E-state index contributed by atoms with van der Waals surface area (Å²) in [4.78, 5) is 13.1. The summed E-state index contributed by atoms with van der Waals surface area (Å²) in [5.74, 6) is -0.856. The van der Waals surface area contributed by atoms with Crippen LogP contribution in [-0.2, 0) is 9.53 Å². The summed E-state index contributed by atoms with van der Waals surface area (Å²) in [7, 11) is 0.